The first-order valence-electron chi connectivity index (χ1n) is 12.2. The maximum Gasteiger partial charge on any atom is 0.296 e. The summed E-state index contributed by atoms with van der Waals surface area (Å²) in [6.07, 6.45) is -1.10. The molecule has 2 aliphatic heterocycles. The van der Waals surface area contributed by atoms with Crippen molar-refractivity contribution in [3.63, 3.8) is 0 Å². The van der Waals surface area contributed by atoms with Crippen LogP contribution in [0.25, 0.3) is 0 Å². The third-order valence-electron chi connectivity index (χ3n) is 7.30. The van der Waals surface area contributed by atoms with Gasteiger partial charge in [-0.3, -0.25) is 4.18 Å². The van der Waals surface area contributed by atoms with E-state index in [1.54, 1.807) is 12.1 Å². The monoisotopic (exact) mass is 598 g/mol. The van der Waals surface area contributed by atoms with Gasteiger partial charge >= 0.3 is 0 Å². The molecule has 0 aromatic heterocycles. The number of aryl methyl sites for hydroxylation is 1. The van der Waals surface area contributed by atoms with Gasteiger partial charge < -0.3 is 9.47 Å². The van der Waals surface area contributed by atoms with E-state index < -0.39 is 59.7 Å². The summed E-state index contributed by atoms with van der Waals surface area (Å²) < 4.78 is 99.0. The van der Waals surface area contributed by atoms with E-state index in [1.807, 2.05) is 6.92 Å². The van der Waals surface area contributed by atoms with Gasteiger partial charge in [0.1, 0.15) is 10.6 Å². The molecule has 0 bridgehead atoms. The van der Waals surface area contributed by atoms with Gasteiger partial charge in [0.2, 0.25) is 0 Å². The van der Waals surface area contributed by atoms with Crippen LogP contribution < -0.4 is 4.74 Å². The summed E-state index contributed by atoms with van der Waals surface area (Å²) in [5, 5.41) is 0.310. The Bertz CT molecular complexity index is 1590. The molecule has 1 saturated heterocycles. The normalized spacial score (nSPS) is 23.0. The lowest BCUT2D eigenvalue weighted by molar-refractivity contribution is -0.0793. The number of hydrogen-bond acceptors (Lipinski definition) is 7. The summed E-state index contributed by atoms with van der Waals surface area (Å²) >= 11 is 5.97. The molecule has 0 radical (unpaired) electrons. The van der Waals surface area contributed by atoms with Crippen molar-refractivity contribution in [1.29, 1.82) is 0 Å². The summed E-state index contributed by atoms with van der Waals surface area (Å²) in [4.78, 5) is -0.142. The molecule has 7 nitrogen and oxygen atoms in total. The highest BCUT2D eigenvalue weighted by Crippen LogP contribution is 2.55. The Balaban J connectivity index is 1.52. The van der Waals surface area contributed by atoms with Crippen LogP contribution in [-0.2, 0) is 33.6 Å². The van der Waals surface area contributed by atoms with Crippen LogP contribution in [0.2, 0.25) is 5.02 Å². The molecule has 0 spiro atoms. The SMILES string of the molecule is Cc1ccc(S(=O)(=O)OCC[C@H]2OCC[C@]3(S(=O)(=O)c4ccc(Cl)cc4)c4c(F)ccc(F)c4OC[C@H]23)cc1. The Hall–Kier alpha value is -2.57. The minimum atomic E-state index is -4.37. The number of halogens is 3. The van der Waals surface area contributed by atoms with Crippen LogP contribution in [0.3, 0.4) is 0 Å². The van der Waals surface area contributed by atoms with Gasteiger partial charge in [-0.1, -0.05) is 29.3 Å². The average molecular weight is 599 g/mol. The Morgan fingerprint density at radius 1 is 0.949 bits per heavy atom. The molecule has 3 aromatic carbocycles. The van der Waals surface area contributed by atoms with Crippen molar-refractivity contribution in [1.82, 2.24) is 0 Å². The van der Waals surface area contributed by atoms with Crippen LogP contribution in [-0.4, -0.2) is 42.8 Å². The molecule has 0 unspecified atom stereocenters. The molecule has 208 valence electrons. The number of rotatable bonds is 7. The van der Waals surface area contributed by atoms with E-state index in [9.17, 15) is 21.2 Å². The van der Waals surface area contributed by atoms with Crippen molar-refractivity contribution >= 4 is 31.6 Å². The molecule has 3 atom stereocenters. The highest BCUT2D eigenvalue weighted by Gasteiger charge is 2.61. The van der Waals surface area contributed by atoms with E-state index in [0.717, 1.165) is 17.7 Å². The van der Waals surface area contributed by atoms with Crippen LogP contribution in [0.15, 0.2) is 70.5 Å². The first-order valence-corrected chi connectivity index (χ1v) is 15.4. The lowest BCUT2D eigenvalue weighted by atomic mass is 9.75. The van der Waals surface area contributed by atoms with Crippen molar-refractivity contribution in [3.05, 3.63) is 88.4 Å². The maximum absolute atomic E-state index is 15.5. The minimum absolute atomic E-state index is 0.0233. The van der Waals surface area contributed by atoms with Crippen LogP contribution in [0.5, 0.6) is 5.75 Å². The van der Waals surface area contributed by atoms with E-state index in [-0.39, 0.29) is 42.5 Å². The molecule has 2 heterocycles. The average Bonchev–Trinajstić information content (AvgIpc) is 2.90. The van der Waals surface area contributed by atoms with E-state index in [1.165, 1.54) is 36.4 Å². The quantitative estimate of drug-likeness (QED) is 0.345. The lowest BCUT2D eigenvalue weighted by Gasteiger charge is -2.50. The Labute approximate surface area is 230 Å². The van der Waals surface area contributed by atoms with Gasteiger partial charge in [-0.15, -0.1) is 0 Å². The topological polar surface area (TPSA) is 96.0 Å². The summed E-state index contributed by atoms with van der Waals surface area (Å²) in [6, 6.07) is 13.3. The molecule has 0 aliphatic carbocycles. The van der Waals surface area contributed by atoms with Crippen molar-refractivity contribution < 1.29 is 39.3 Å². The fourth-order valence-corrected chi connectivity index (χ4v) is 8.77. The Kier molecular flexibility index (Phi) is 7.49. The van der Waals surface area contributed by atoms with Gasteiger partial charge in [0, 0.05) is 17.5 Å². The van der Waals surface area contributed by atoms with E-state index >= 15 is 4.39 Å². The molecular formula is C27H25ClF2O7S2. The van der Waals surface area contributed by atoms with Crippen molar-refractivity contribution in [2.75, 3.05) is 19.8 Å². The fraction of sp³-hybridized carbons (Fsp3) is 0.333. The van der Waals surface area contributed by atoms with Gasteiger partial charge in [-0.2, -0.15) is 8.42 Å². The van der Waals surface area contributed by atoms with E-state index in [4.69, 9.17) is 25.3 Å². The zero-order valence-electron chi connectivity index (χ0n) is 20.8. The number of sulfone groups is 1. The highest BCUT2D eigenvalue weighted by molar-refractivity contribution is 7.92. The minimum Gasteiger partial charge on any atom is -0.490 e. The highest BCUT2D eigenvalue weighted by atomic mass is 35.5. The molecule has 1 fully saturated rings. The number of fused-ring (bicyclic) bond motifs is 3. The zero-order chi connectivity index (χ0) is 28.0. The van der Waals surface area contributed by atoms with Crippen molar-refractivity contribution in [2.24, 2.45) is 5.92 Å². The lowest BCUT2D eigenvalue weighted by Crippen LogP contribution is -2.57. The molecule has 0 N–H and O–H groups in total. The third kappa shape index (κ3) is 4.84. The smallest absolute Gasteiger partial charge is 0.296 e. The van der Waals surface area contributed by atoms with Crippen LogP contribution >= 0.6 is 11.6 Å². The second kappa shape index (κ2) is 10.4. The first kappa shape index (κ1) is 28.0. The third-order valence-corrected chi connectivity index (χ3v) is 11.4. The Morgan fingerprint density at radius 3 is 2.28 bits per heavy atom. The number of benzene rings is 3. The van der Waals surface area contributed by atoms with Gasteiger partial charge in [-0.05, 0) is 68.3 Å². The molecule has 39 heavy (non-hydrogen) atoms. The second-order valence-corrected chi connectivity index (χ2v) is 13.8. The predicted octanol–water partition coefficient (Wildman–Crippen LogP) is 5.19. The maximum atomic E-state index is 15.5. The molecule has 12 heteroatoms. The van der Waals surface area contributed by atoms with Crippen LogP contribution in [0.4, 0.5) is 8.78 Å². The van der Waals surface area contributed by atoms with E-state index in [0.29, 0.717) is 5.02 Å². The fourth-order valence-electron chi connectivity index (χ4n) is 5.38. The Morgan fingerprint density at radius 2 is 1.59 bits per heavy atom. The zero-order valence-corrected chi connectivity index (χ0v) is 23.2. The van der Waals surface area contributed by atoms with Gasteiger partial charge in [-0.25, -0.2) is 17.2 Å². The summed E-state index contributed by atoms with van der Waals surface area (Å²) in [6.45, 7) is 1.09. The molecule has 0 amide bonds. The summed E-state index contributed by atoms with van der Waals surface area (Å²) in [5.41, 5.74) is 0.485. The molecule has 0 saturated carbocycles. The van der Waals surface area contributed by atoms with Gasteiger partial charge in [0.05, 0.1) is 34.7 Å². The summed E-state index contributed by atoms with van der Waals surface area (Å²) in [7, 11) is -8.46. The largest absolute Gasteiger partial charge is 0.490 e. The molecule has 5 rings (SSSR count). The van der Waals surface area contributed by atoms with Crippen molar-refractivity contribution in [3.8, 4) is 5.75 Å². The van der Waals surface area contributed by atoms with E-state index in [2.05, 4.69) is 0 Å². The standard InChI is InChI=1S/C27H25ClF2O7S2/c1-17-2-6-20(7-3-17)39(33,34)37-14-12-24-21-16-36-26-23(30)11-10-22(29)25(26)27(21,13-15-35-24)38(31,32)19-8-4-18(28)5-9-19/h2-11,21,24H,12-16H2,1H3/t21-,24-,27-/m1/s1. The predicted molar refractivity (Wildman–Crippen MR) is 139 cm³/mol. The van der Waals surface area contributed by atoms with Gasteiger partial charge in [0.15, 0.2) is 21.4 Å². The summed E-state index contributed by atoms with van der Waals surface area (Å²) in [5.74, 6) is -3.26. The van der Waals surface area contributed by atoms with Crippen LogP contribution in [0, 0.1) is 24.5 Å². The number of hydrogen-bond donors (Lipinski definition) is 0. The molecule has 2 aliphatic rings. The molecule has 3 aromatic rings. The number of ether oxygens (including phenoxy) is 2. The van der Waals surface area contributed by atoms with Crippen LogP contribution in [0.1, 0.15) is 24.0 Å². The van der Waals surface area contributed by atoms with Gasteiger partial charge in [0.25, 0.3) is 10.1 Å². The second-order valence-electron chi connectivity index (χ2n) is 9.53. The molecular weight excluding hydrogens is 574 g/mol. The first-order chi connectivity index (χ1) is 18.5. The van der Waals surface area contributed by atoms with Crippen molar-refractivity contribution in [2.45, 2.75) is 40.4 Å².